The molecule has 5 heteroatoms. The molecule has 0 radical (unpaired) electrons. The van der Waals surface area contributed by atoms with Crippen LogP contribution in [0.4, 0.5) is 0 Å². The van der Waals surface area contributed by atoms with Gasteiger partial charge in [0.2, 0.25) is 5.88 Å². The van der Waals surface area contributed by atoms with Crippen LogP contribution in [-0.4, -0.2) is 21.6 Å². The molecule has 26 heavy (non-hydrogen) atoms. The van der Waals surface area contributed by atoms with Crippen LogP contribution in [0.25, 0.3) is 10.9 Å². The Labute approximate surface area is 159 Å². The summed E-state index contributed by atoms with van der Waals surface area (Å²) in [6, 6.07) is 14.8. The third-order valence-corrected chi connectivity index (χ3v) is 5.73. The van der Waals surface area contributed by atoms with Gasteiger partial charge in [0, 0.05) is 27.8 Å². The number of halogens is 1. The lowest BCUT2D eigenvalue weighted by Crippen LogP contribution is -2.21. The summed E-state index contributed by atoms with van der Waals surface area (Å²) in [4.78, 5) is 9.11. The molecule has 1 aliphatic carbocycles. The molecule has 0 N–H and O–H groups in total. The maximum atomic E-state index is 5.75. The van der Waals surface area contributed by atoms with Crippen LogP contribution in [0.1, 0.15) is 28.3 Å². The first-order chi connectivity index (χ1) is 12.8. The Balaban J connectivity index is 1.90. The smallest absolute Gasteiger partial charge is 0.219 e. The number of benzene rings is 2. The molecule has 1 aliphatic rings. The molecule has 5 rings (SSSR count). The summed E-state index contributed by atoms with van der Waals surface area (Å²) < 4.78 is 8.86. The molecule has 2 heterocycles. The molecule has 1 atom stereocenters. The van der Waals surface area contributed by atoms with Gasteiger partial charge in [-0.1, -0.05) is 36.4 Å². The normalized spacial score (nSPS) is 15.5. The van der Waals surface area contributed by atoms with Gasteiger partial charge in [-0.15, -0.1) is 0 Å². The third kappa shape index (κ3) is 2.20. The molecule has 0 fully saturated rings. The highest BCUT2D eigenvalue weighted by Crippen LogP contribution is 2.44. The highest BCUT2D eigenvalue weighted by molar-refractivity contribution is 9.10. The van der Waals surface area contributed by atoms with Crippen molar-refractivity contribution in [2.45, 2.75) is 12.5 Å². The zero-order valence-corrected chi connectivity index (χ0v) is 15.8. The van der Waals surface area contributed by atoms with Gasteiger partial charge in [0.25, 0.3) is 0 Å². The number of ether oxygens (including phenoxy) is 1. The molecule has 0 aliphatic heterocycles. The number of aromatic nitrogens is 3. The fraction of sp³-hybridized carbons (Fsp3) is 0.143. The number of hydrogen-bond donors (Lipinski definition) is 0. The molecule has 4 aromatic rings. The molecule has 2 aromatic heterocycles. The van der Waals surface area contributed by atoms with Crippen LogP contribution in [0.3, 0.4) is 0 Å². The zero-order valence-electron chi connectivity index (χ0n) is 14.2. The summed E-state index contributed by atoms with van der Waals surface area (Å²) in [5.74, 6) is 0.674. The van der Waals surface area contributed by atoms with Crippen molar-refractivity contribution in [3.8, 4) is 5.88 Å². The maximum Gasteiger partial charge on any atom is 0.219 e. The number of methoxy groups -OCH3 is 1. The van der Waals surface area contributed by atoms with E-state index >= 15 is 0 Å². The van der Waals surface area contributed by atoms with Crippen LogP contribution in [-0.2, 0) is 6.42 Å². The van der Waals surface area contributed by atoms with Crippen LogP contribution in [0.2, 0.25) is 0 Å². The van der Waals surface area contributed by atoms with E-state index in [1.807, 2.05) is 24.8 Å². The second kappa shape index (κ2) is 5.95. The van der Waals surface area contributed by atoms with Crippen molar-refractivity contribution in [1.82, 2.24) is 14.5 Å². The number of pyridine rings is 1. The highest BCUT2D eigenvalue weighted by atomic mass is 79.9. The Morgan fingerprint density at radius 1 is 1.15 bits per heavy atom. The van der Waals surface area contributed by atoms with Crippen molar-refractivity contribution in [3.05, 3.63) is 87.9 Å². The molecular formula is C21H16BrN3O. The van der Waals surface area contributed by atoms with E-state index in [9.17, 15) is 0 Å². The van der Waals surface area contributed by atoms with Gasteiger partial charge in [0.1, 0.15) is 0 Å². The average Bonchev–Trinajstić information content (AvgIpc) is 3.20. The number of nitrogens with zero attached hydrogens (tertiary/aromatic N) is 3. The summed E-state index contributed by atoms with van der Waals surface area (Å²) in [5.41, 5.74) is 5.92. The molecule has 0 saturated carbocycles. The minimum absolute atomic E-state index is 0.00304. The van der Waals surface area contributed by atoms with Crippen LogP contribution in [0, 0.1) is 0 Å². The van der Waals surface area contributed by atoms with Gasteiger partial charge in [-0.25, -0.2) is 9.97 Å². The van der Waals surface area contributed by atoms with Gasteiger partial charge >= 0.3 is 0 Å². The molecule has 128 valence electrons. The fourth-order valence-electron chi connectivity index (χ4n) is 3.98. The SMILES string of the molecule is COc1nc2c(Br)cccc2c2c1C(n1ccnc1)c1ccccc1C2. The van der Waals surface area contributed by atoms with Gasteiger partial charge < -0.3 is 9.30 Å². The molecule has 1 unspecified atom stereocenters. The Morgan fingerprint density at radius 2 is 2.04 bits per heavy atom. The predicted octanol–water partition coefficient (Wildman–Crippen LogP) is 4.74. The quantitative estimate of drug-likeness (QED) is 0.425. The molecule has 0 amide bonds. The first-order valence-corrected chi connectivity index (χ1v) is 9.27. The Bertz CT molecular complexity index is 1120. The minimum Gasteiger partial charge on any atom is -0.481 e. The van der Waals surface area contributed by atoms with E-state index < -0.39 is 0 Å². The Morgan fingerprint density at radius 3 is 2.85 bits per heavy atom. The number of rotatable bonds is 2. The number of para-hydroxylation sites is 1. The lowest BCUT2D eigenvalue weighted by atomic mass is 9.81. The summed E-state index contributed by atoms with van der Waals surface area (Å²) in [6.07, 6.45) is 6.54. The maximum absolute atomic E-state index is 5.75. The highest BCUT2D eigenvalue weighted by Gasteiger charge is 2.32. The Hall–Kier alpha value is -2.66. The van der Waals surface area contributed by atoms with Crippen molar-refractivity contribution in [3.63, 3.8) is 0 Å². The van der Waals surface area contributed by atoms with Gasteiger partial charge in [-0.3, -0.25) is 0 Å². The molecule has 4 nitrogen and oxygen atoms in total. The van der Waals surface area contributed by atoms with Crippen molar-refractivity contribution in [2.75, 3.05) is 7.11 Å². The van der Waals surface area contributed by atoms with Crippen LogP contribution in [0.15, 0.2) is 65.7 Å². The standard InChI is InChI=1S/C21H16BrN3O/c1-26-21-18-16(15-7-4-8-17(22)19(15)24-21)11-13-5-2-3-6-14(13)20(18)25-10-9-23-12-25/h2-10,12,20H,11H2,1H3. The largest absolute Gasteiger partial charge is 0.481 e. The van der Waals surface area contributed by atoms with E-state index in [2.05, 4.69) is 61.9 Å². The second-order valence-electron chi connectivity index (χ2n) is 6.44. The molecule has 0 spiro atoms. The molecule has 2 aromatic carbocycles. The first kappa shape index (κ1) is 15.6. The monoisotopic (exact) mass is 405 g/mol. The molecule has 0 bridgehead atoms. The van der Waals surface area contributed by atoms with E-state index in [0.29, 0.717) is 5.88 Å². The van der Waals surface area contributed by atoms with Crippen molar-refractivity contribution < 1.29 is 4.74 Å². The van der Waals surface area contributed by atoms with Crippen LogP contribution in [0.5, 0.6) is 5.88 Å². The predicted molar refractivity (Wildman–Crippen MR) is 105 cm³/mol. The number of hydrogen-bond acceptors (Lipinski definition) is 3. The summed E-state index contributed by atoms with van der Waals surface area (Å²) in [6.45, 7) is 0. The molecule has 0 saturated heterocycles. The number of imidazole rings is 1. The average molecular weight is 406 g/mol. The molecular weight excluding hydrogens is 390 g/mol. The van der Waals surface area contributed by atoms with E-state index in [-0.39, 0.29) is 6.04 Å². The van der Waals surface area contributed by atoms with Crippen molar-refractivity contribution >= 4 is 26.8 Å². The summed E-state index contributed by atoms with van der Waals surface area (Å²) in [5, 5.41) is 1.16. The zero-order chi connectivity index (χ0) is 17.7. The van der Waals surface area contributed by atoms with E-state index in [1.165, 1.54) is 16.7 Å². The van der Waals surface area contributed by atoms with Gasteiger partial charge in [0.15, 0.2) is 0 Å². The minimum atomic E-state index is 0.00304. The Kier molecular flexibility index (Phi) is 3.57. The van der Waals surface area contributed by atoms with E-state index in [1.54, 1.807) is 7.11 Å². The van der Waals surface area contributed by atoms with Crippen LogP contribution >= 0.6 is 15.9 Å². The third-order valence-electron chi connectivity index (χ3n) is 5.09. The second-order valence-corrected chi connectivity index (χ2v) is 7.29. The van der Waals surface area contributed by atoms with Gasteiger partial charge in [0.05, 0.1) is 25.0 Å². The van der Waals surface area contributed by atoms with Crippen molar-refractivity contribution in [1.29, 1.82) is 0 Å². The van der Waals surface area contributed by atoms with E-state index in [4.69, 9.17) is 9.72 Å². The lowest BCUT2D eigenvalue weighted by molar-refractivity contribution is 0.388. The topological polar surface area (TPSA) is 39.9 Å². The number of fused-ring (bicyclic) bond motifs is 4. The summed E-state index contributed by atoms with van der Waals surface area (Å²) in [7, 11) is 1.69. The van der Waals surface area contributed by atoms with Crippen LogP contribution < -0.4 is 4.74 Å². The summed E-state index contributed by atoms with van der Waals surface area (Å²) >= 11 is 3.64. The van der Waals surface area contributed by atoms with Crippen molar-refractivity contribution in [2.24, 2.45) is 0 Å². The lowest BCUT2D eigenvalue weighted by Gasteiger charge is -2.31. The fourth-order valence-corrected chi connectivity index (χ4v) is 4.43. The van der Waals surface area contributed by atoms with Gasteiger partial charge in [-0.05, 0) is 45.1 Å². The van der Waals surface area contributed by atoms with E-state index in [0.717, 1.165) is 27.4 Å². The van der Waals surface area contributed by atoms with Gasteiger partial charge in [-0.2, -0.15) is 0 Å². The first-order valence-electron chi connectivity index (χ1n) is 8.48.